The first-order valence-electron chi connectivity index (χ1n) is 4.41. The predicted molar refractivity (Wildman–Crippen MR) is 45.1 cm³/mol. The fourth-order valence-corrected chi connectivity index (χ4v) is 1.64. The third kappa shape index (κ3) is 1.71. The number of likely N-dealkylation sites (tertiary alicyclic amines) is 1. The zero-order valence-electron chi connectivity index (χ0n) is 7.60. The van der Waals surface area contributed by atoms with E-state index >= 15 is 0 Å². The highest BCUT2D eigenvalue weighted by Crippen LogP contribution is 2.23. The van der Waals surface area contributed by atoms with Crippen molar-refractivity contribution in [3.8, 4) is 0 Å². The molecule has 72 valence electrons. The summed E-state index contributed by atoms with van der Waals surface area (Å²) in [5, 5.41) is 12.6. The van der Waals surface area contributed by atoms with Gasteiger partial charge in [0.2, 0.25) is 0 Å². The van der Waals surface area contributed by atoms with Crippen LogP contribution in [-0.2, 0) is 6.61 Å². The Hall–Kier alpha value is -0.940. The molecule has 5 heteroatoms. The van der Waals surface area contributed by atoms with Gasteiger partial charge in [0, 0.05) is 12.5 Å². The van der Waals surface area contributed by atoms with Crippen molar-refractivity contribution in [2.24, 2.45) is 0 Å². The van der Waals surface area contributed by atoms with Crippen LogP contribution >= 0.6 is 0 Å². The van der Waals surface area contributed by atoms with Gasteiger partial charge in [-0.15, -0.1) is 0 Å². The predicted octanol–water partition coefficient (Wildman–Crippen LogP) is -0.0190. The molecule has 1 aliphatic heterocycles. The standard InChI is InChI=1S/C8H13N3O2/c1-11-3-2-6(4-11)8-9-7(5-12)13-10-8/h6,12H,2-5H2,1H3. The molecule has 0 aliphatic carbocycles. The third-order valence-corrected chi connectivity index (χ3v) is 2.38. The van der Waals surface area contributed by atoms with Crippen LogP contribution in [0.1, 0.15) is 24.1 Å². The van der Waals surface area contributed by atoms with Gasteiger partial charge in [-0.3, -0.25) is 0 Å². The number of hydrogen-bond donors (Lipinski definition) is 1. The first-order chi connectivity index (χ1) is 6.29. The van der Waals surface area contributed by atoms with Gasteiger partial charge >= 0.3 is 0 Å². The van der Waals surface area contributed by atoms with Crippen LogP contribution in [0, 0.1) is 0 Å². The quantitative estimate of drug-likeness (QED) is 0.698. The van der Waals surface area contributed by atoms with Crippen molar-refractivity contribution in [2.75, 3.05) is 20.1 Å². The Morgan fingerprint density at radius 1 is 1.69 bits per heavy atom. The second-order valence-electron chi connectivity index (χ2n) is 3.45. The van der Waals surface area contributed by atoms with Gasteiger partial charge in [0.25, 0.3) is 5.89 Å². The molecular formula is C8H13N3O2. The van der Waals surface area contributed by atoms with E-state index in [1.54, 1.807) is 0 Å². The number of hydrogen-bond acceptors (Lipinski definition) is 5. The number of rotatable bonds is 2. The highest BCUT2D eigenvalue weighted by atomic mass is 16.5. The fourth-order valence-electron chi connectivity index (χ4n) is 1.64. The van der Waals surface area contributed by atoms with Crippen molar-refractivity contribution >= 4 is 0 Å². The number of nitrogens with zero attached hydrogens (tertiary/aromatic N) is 3. The molecule has 1 fully saturated rings. The largest absolute Gasteiger partial charge is 0.387 e. The molecule has 0 amide bonds. The Morgan fingerprint density at radius 2 is 2.54 bits per heavy atom. The van der Waals surface area contributed by atoms with Gasteiger partial charge in [-0.25, -0.2) is 0 Å². The molecule has 13 heavy (non-hydrogen) atoms. The smallest absolute Gasteiger partial charge is 0.252 e. The molecule has 1 N–H and O–H groups in total. The van der Waals surface area contributed by atoms with Crippen molar-refractivity contribution in [1.82, 2.24) is 15.0 Å². The lowest BCUT2D eigenvalue weighted by Gasteiger charge is -2.05. The summed E-state index contributed by atoms with van der Waals surface area (Å²) in [6, 6.07) is 0. The van der Waals surface area contributed by atoms with Crippen LogP contribution < -0.4 is 0 Å². The first kappa shape index (κ1) is 8.65. The number of aliphatic hydroxyl groups excluding tert-OH is 1. The Bertz CT molecular complexity index is 287. The average Bonchev–Trinajstić information content (AvgIpc) is 2.71. The lowest BCUT2D eigenvalue weighted by Crippen LogP contribution is -2.13. The van der Waals surface area contributed by atoms with Crippen LogP contribution in [0.25, 0.3) is 0 Å². The summed E-state index contributed by atoms with van der Waals surface area (Å²) in [7, 11) is 2.08. The second kappa shape index (κ2) is 3.43. The summed E-state index contributed by atoms with van der Waals surface area (Å²) in [6.45, 7) is 1.88. The van der Waals surface area contributed by atoms with E-state index in [9.17, 15) is 0 Å². The molecule has 0 spiro atoms. The van der Waals surface area contributed by atoms with Crippen LogP contribution in [0.15, 0.2) is 4.52 Å². The maximum Gasteiger partial charge on any atom is 0.252 e. The van der Waals surface area contributed by atoms with E-state index in [0.717, 1.165) is 25.3 Å². The molecule has 5 nitrogen and oxygen atoms in total. The van der Waals surface area contributed by atoms with E-state index < -0.39 is 0 Å². The molecular weight excluding hydrogens is 170 g/mol. The van der Waals surface area contributed by atoms with Crippen LogP contribution in [0.4, 0.5) is 0 Å². The molecule has 2 rings (SSSR count). The molecule has 0 bridgehead atoms. The first-order valence-corrected chi connectivity index (χ1v) is 4.41. The minimum absolute atomic E-state index is 0.171. The van der Waals surface area contributed by atoms with Crippen LogP contribution in [0.3, 0.4) is 0 Å². The summed E-state index contributed by atoms with van der Waals surface area (Å²) < 4.78 is 4.83. The van der Waals surface area contributed by atoms with Gasteiger partial charge in [-0.1, -0.05) is 5.16 Å². The van der Waals surface area contributed by atoms with Crippen molar-refractivity contribution in [3.05, 3.63) is 11.7 Å². The van der Waals surface area contributed by atoms with E-state index in [4.69, 9.17) is 9.63 Å². The fraction of sp³-hybridized carbons (Fsp3) is 0.750. The Balaban J connectivity index is 2.08. The third-order valence-electron chi connectivity index (χ3n) is 2.38. The molecule has 0 saturated carbocycles. The number of likely N-dealkylation sites (N-methyl/N-ethyl adjacent to an activating group) is 1. The van der Waals surface area contributed by atoms with Gasteiger partial charge in [0.05, 0.1) is 0 Å². The van der Waals surface area contributed by atoms with Crippen molar-refractivity contribution in [2.45, 2.75) is 18.9 Å². The molecule has 1 unspecified atom stereocenters. The maximum atomic E-state index is 8.74. The molecule has 1 aromatic rings. The van der Waals surface area contributed by atoms with Gasteiger partial charge in [0.15, 0.2) is 5.82 Å². The lowest BCUT2D eigenvalue weighted by atomic mass is 10.1. The van der Waals surface area contributed by atoms with E-state index in [1.165, 1.54) is 0 Å². The molecule has 0 radical (unpaired) electrons. The zero-order valence-corrected chi connectivity index (χ0v) is 7.60. The van der Waals surface area contributed by atoms with E-state index in [-0.39, 0.29) is 6.61 Å². The second-order valence-corrected chi connectivity index (χ2v) is 3.45. The lowest BCUT2D eigenvalue weighted by molar-refractivity contribution is 0.222. The van der Waals surface area contributed by atoms with Crippen molar-refractivity contribution < 1.29 is 9.63 Å². The van der Waals surface area contributed by atoms with Crippen molar-refractivity contribution in [1.29, 1.82) is 0 Å². The minimum Gasteiger partial charge on any atom is -0.387 e. The summed E-state index contributed by atoms with van der Waals surface area (Å²) in [5.74, 6) is 1.41. The van der Waals surface area contributed by atoms with E-state index in [1.807, 2.05) is 0 Å². The molecule has 0 aromatic carbocycles. The normalized spacial score (nSPS) is 24.0. The van der Waals surface area contributed by atoms with E-state index in [0.29, 0.717) is 11.8 Å². The average molecular weight is 183 g/mol. The van der Waals surface area contributed by atoms with Crippen LogP contribution in [0.2, 0.25) is 0 Å². The van der Waals surface area contributed by atoms with Crippen molar-refractivity contribution in [3.63, 3.8) is 0 Å². The SMILES string of the molecule is CN1CCC(c2noc(CO)n2)C1. The summed E-state index contributed by atoms with van der Waals surface area (Å²) in [4.78, 5) is 6.33. The molecule has 1 atom stereocenters. The van der Waals surface area contributed by atoms with Gasteiger partial charge in [-0.2, -0.15) is 4.98 Å². The summed E-state index contributed by atoms with van der Waals surface area (Å²) in [5.41, 5.74) is 0. The van der Waals surface area contributed by atoms with Gasteiger partial charge < -0.3 is 14.5 Å². The minimum atomic E-state index is -0.171. The number of aromatic nitrogens is 2. The van der Waals surface area contributed by atoms with Crippen LogP contribution in [-0.4, -0.2) is 40.3 Å². The maximum absolute atomic E-state index is 8.74. The van der Waals surface area contributed by atoms with Gasteiger partial charge in [-0.05, 0) is 20.0 Å². The van der Waals surface area contributed by atoms with Crippen LogP contribution in [0.5, 0.6) is 0 Å². The highest BCUT2D eigenvalue weighted by Gasteiger charge is 2.25. The summed E-state index contributed by atoms with van der Waals surface area (Å²) in [6.07, 6.45) is 1.07. The van der Waals surface area contributed by atoms with E-state index in [2.05, 4.69) is 22.1 Å². The monoisotopic (exact) mass is 183 g/mol. The number of aliphatic hydroxyl groups is 1. The Kier molecular flexibility index (Phi) is 2.28. The molecule has 1 saturated heterocycles. The Morgan fingerprint density at radius 3 is 3.08 bits per heavy atom. The molecule has 2 heterocycles. The Labute approximate surface area is 76.4 Å². The molecule has 1 aliphatic rings. The topological polar surface area (TPSA) is 62.4 Å². The molecule has 1 aromatic heterocycles. The zero-order chi connectivity index (χ0) is 9.26. The summed E-state index contributed by atoms with van der Waals surface area (Å²) >= 11 is 0. The van der Waals surface area contributed by atoms with Gasteiger partial charge in [0.1, 0.15) is 6.61 Å². The highest BCUT2D eigenvalue weighted by molar-refractivity contribution is 4.99.